The first-order valence-electron chi connectivity index (χ1n) is 5.42. The van der Waals surface area contributed by atoms with E-state index in [0.29, 0.717) is 19.1 Å². The minimum atomic E-state index is -0.110. The fourth-order valence-corrected chi connectivity index (χ4v) is 1.85. The molecule has 14 heavy (non-hydrogen) atoms. The zero-order valence-corrected chi connectivity index (χ0v) is 8.61. The Kier molecular flexibility index (Phi) is 6.10. The first kappa shape index (κ1) is 11.9. The molecule has 3 N–H and O–H groups in total. The van der Waals surface area contributed by atoms with Crippen LogP contribution in [0, 0.1) is 5.92 Å². The highest BCUT2D eigenvalue weighted by Crippen LogP contribution is 2.24. The van der Waals surface area contributed by atoms with Crippen molar-refractivity contribution in [1.29, 1.82) is 0 Å². The lowest BCUT2D eigenvalue weighted by atomic mass is 10.1. The predicted molar refractivity (Wildman–Crippen MR) is 54.1 cm³/mol. The summed E-state index contributed by atoms with van der Waals surface area (Å²) in [6.07, 6.45) is 3.12. The van der Waals surface area contributed by atoms with Crippen LogP contribution in [0.2, 0.25) is 0 Å². The Morgan fingerprint density at radius 3 is 2.79 bits per heavy atom. The molecule has 0 aromatic carbocycles. The van der Waals surface area contributed by atoms with Crippen molar-refractivity contribution in [2.24, 2.45) is 5.92 Å². The molecule has 0 amide bonds. The first-order chi connectivity index (χ1) is 6.84. The van der Waals surface area contributed by atoms with E-state index in [1.807, 2.05) is 0 Å². The molecule has 4 heteroatoms. The van der Waals surface area contributed by atoms with Crippen LogP contribution in [0.5, 0.6) is 0 Å². The zero-order chi connectivity index (χ0) is 10.2. The van der Waals surface area contributed by atoms with E-state index in [4.69, 9.17) is 9.84 Å². The first-order valence-corrected chi connectivity index (χ1v) is 5.42. The van der Waals surface area contributed by atoms with Crippen LogP contribution in [0.25, 0.3) is 0 Å². The Morgan fingerprint density at radius 1 is 1.29 bits per heavy atom. The molecule has 84 valence electrons. The second-order valence-electron chi connectivity index (χ2n) is 3.80. The molecule has 1 aliphatic rings. The third-order valence-electron chi connectivity index (χ3n) is 2.68. The highest BCUT2D eigenvalue weighted by atomic mass is 16.5. The van der Waals surface area contributed by atoms with Crippen LogP contribution in [0.15, 0.2) is 0 Å². The summed E-state index contributed by atoms with van der Waals surface area (Å²) in [5.74, 6) is 0.424. The summed E-state index contributed by atoms with van der Waals surface area (Å²) in [6.45, 7) is 2.80. The van der Waals surface area contributed by atoms with Gasteiger partial charge >= 0.3 is 0 Å². The Labute approximate surface area is 85.3 Å². The van der Waals surface area contributed by atoms with Crippen LogP contribution in [0.4, 0.5) is 0 Å². The molecule has 0 bridgehead atoms. The molecule has 0 spiro atoms. The summed E-state index contributed by atoms with van der Waals surface area (Å²) in [6, 6.07) is 0. The molecule has 1 rings (SSSR count). The summed E-state index contributed by atoms with van der Waals surface area (Å²) >= 11 is 0. The number of aliphatic hydroxyl groups is 2. The van der Waals surface area contributed by atoms with Crippen molar-refractivity contribution in [2.75, 3.05) is 32.9 Å². The Balaban J connectivity index is 1.88. The fraction of sp³-hybridized carbons (Fsp3) is 1.00. The van der Waals surface area contributed by atoms with Gasteiger partial charge in [-0.2, -0.15) is 0 Å². The zero-order valence-electron chi connectivity index (χ0n) is 8.61. The predicted octanol–water partition coefficient (Wildman–Crippen LogP) is -0.254. The van der Waals surface area contributed by atoms with E-state index < -0.39 is 0 Å². The third kappa shape index (κ3) is 4.37. The average molecular weight is 203 g/mol. The van der Waals surface area contributed by atoms with Gasteiger partial charge in [-0.3, -0.25) is 0 Å². The van der Waals surface area contributed by atoms with Crippen molar-refractivity contribution in [2.45, 2.75) is 25.4 Å². The van der Waals surface area contributed by atoms with Crippen molar-refractivity contribution < 1.29 is 14.9 Å². The van der Waals surface area contributed by atoms with Gasteiger partial charge in [-0.25, -0.2) is 0 Å². The van der Waals surface area contributed by atoms with Gasteiger partial charge in [0.05, 0.1) is 25.9 Å². The number of hydrogen-bond acceptors (Lipinski definition) is 4. The Bertz CT molecular complexity index is 143. The van der Waals surface area contributed by atoms with E-state index in [-0.39, 0.29) is 12.7 Å². The molecule has 2 atom stereocenters. The second-order valence-corrected chi connectivity index (χ2v) is 3.80. The van der Waals surface area contributed by atoms with Crippen LogP contribution in [-0.4, -0.2) is 49.2 Å². The summed E-state index contributed by atoms with van der Waals surface area (Å²) in [4.78, 5) is 0. The molecule has 4 nitrogen and oxygen atoms in total. The van der Waals surface area contributed by atoms with Crippen LogP contribution in [0.1, 0.15) is 19.3 Å². The van der Waals surface area contributed by atoms with E-state index in [2.05, 4.69) is 5.32 Å². The maximum absolute atomic E-state index is 9.53. The molecule has 0 aromatic rings. The van der Waals surface area contributed by atoms with Crippen molar-refractivity contribution in [3.8, 4) is 0 Å². The van der Waals surface area contributed by atoms with Crippen molar-refractivity contribution in [1.82, 2.24) is 5.32 Å². The monoisotopic (exact) mass is 203 g/mol. The number of ether oxygens (including phenoxy) is 1. The summed E-state index contributed by atoms with van der Waals surface area (Å²) in [5, 5.41) is 21.2. The van der Waals surface area contributed by atoms with Gasteiger partial charge in [-0.05, 0) is 18.8 Å². The van der Waals surface area contributed by atoms with Gasteiger partial charge in [0.1, 0.15) is 0 Å². The van der Waals surface area contributed by atoms with E-state index in [1.165, 1.54) is 0 Å². The number of rotatable bonds is 7. The highest BCUT2D eigenvalue weighted by molar-refractivity contribution is 4.77. The number of aliphatic hydroxyl groups excluding tert-OH is 2. The summed E-state index contributed by atoms with van der Waals surface area (Å²) < 4.78 is 5.10. The topological polar surface area (TPSA) is 61.7 Å². The molecule has 0 aromatic heterocycles. The van der Waals surface area contributed by atoms with Gasteiger partial charge in [-0.15, -0.1) is 0 Å². The Morgan fingerprint density at radius 2 is 2.14 bits per heavy atom. The van der Waals surface area contributed by atoms with Gasteiger partial charge < -0.3 is 20.3 Å². The van der Waals surface area contributed by atoms with E-state index in [9.17, 15) is 5.11 Å². The molecule has 0 heterocycles. The number of hydrogen-bond donors (Lipinski definition) is 3. The third-order valence-corrected chi connectivity index (χ3v) is 2.68. The average Bonchev–Trinajstić information content (AvgIpc) is 2.58. The lowest BCUT2D eigenvalue weighted by Crippen LogP contribution is -2.30. The van der Waals surface area contributed by atoms with E-state index in [0.717, 1.165) is 32.4 Å². The Hall–Kier alpha value is -0.160. The molecule has 1 fully saturated rings. The molecular weight excluding hydrogens is 182 g/mol. The highest BCUT2D eigenvalue weighted by Gasteiger charge is 2.24. The maximum atomic E-state index is 9.53. The molecule has 0 saturated heterocycles. The van der Waals surface area contributed by atoms with Crippen LogP contribution < -0.4 is 5.32 Å². The molecule has 1 aliphatic carbocycles. The maximum Gasteiger partial charge on any atom is 0.0698 e. The van der Waals surface area contributed by atoms with Gasteiger partial charge in [-0.1, -0.05) is 6.42 Å². The summed E-state index contributed by atoms with van der Waals surface area (Å²) in [5.41, 5.74) is 0. The fourth-order valence-electron chi connectivity index (χ4n) is 1.85. The standard InChI is InChI=1S/C10H21NO3/c12-5-7-14-6-4-11-8-9-2-1-3-10(9)13/h9-13H,1-8H2. The quantitative estimate of drug-likeness (QED) is 0.499. The van der Waals surface area contributed by atoms with Crippen molar-refractivity contribution >= 4 is 0 Å². The van der Waals surface area contributed by atoms with E-state index >= 15 is 0 Å². The van der Waals surface area contributed by atoms with Gasteiger partial charge in [0.2, 0.25) is 0 Å². The summed E-state index contributed by atoms with van der Waals surface area (Å²) in [7, 11) is 0. The van der Waals surface area contributed by atoms with Crippen LogP contribution in [0.3, 0.4) is 0 Å². The van der Waals surface area contributed by atoms with Crippen LogP contribution in [-0.2, 0) is 4.74 Å². The number of nitrogens with one attached hydrogen (secondary N) is 1. The molecular formula is C10H21NO3. The van der Waals surface area contributed by atoms with Gasteiger partial charge in [0, 0.05) is 13.1 Å². The minimum absolute atomic E-state index is 0.0847. The lowest BCUT2D eigenvalue weighted by Gasteiger charge is -2.14. The van der Waals surface area contributed by atoms with Gasteiger partial charge in [0.15, 0.2) is 0 Å². The lowest BCUT2D eigenvalue weighted by molar-refractivity contribution is 0.0907. The minimum Gasteiger partial charge on any atom is -0.394 e. The van der Waals surface area contributed by atoms with Crippen LogP contribution >= 0.6 is 0 Å². The molecule has 1 saturated carbocycles. The van der Waals surface area contributed by atoms with Crippen molar-refractivity contribution in [3.63, 3.8) is 0 Å². The van der Waals surface area contributed by atoms with E-state index in [1.54, 1.807) is 0 Å². The van der Waals surface area contributed by atoms with Gasteiger partial charge in [0.25, 0.3) is 0 Å². The molecule has 2 unspecified atom stereocenters. The largest absolute Gasteiger partial charge is 0.394 e. The molecule has 0 radical (unpaired) electrons. The second kappa shape index (κ2) is 7.17. The SMILES string of the molecule is OCCOCCNCC1CCCC1O. The normalized spacial score (nSPS) is 27.0. The smallest absolute Gasteiger partial charge is 0.0698 e. The molecule has 0 aliphatic heterocycles. The van der Waals surface area contributed by atoms with Crippen molar-refractivity contribution in [3.05, 3.63) is 0 Å².